The first-order valence-electron chi connectivity index (χ1n) is 10.8. The van der Waals surface area contributed by atoms with E-state index in [4.69, 9.17) is 4.74 Å². The molecule has 1 saturated heterocycles. The molecule has 156 valence electrons. The number of benzene rings is 1. The number of amides is 1. The number of fused-ring (bicyclic) bond motifs is 1. The minimum absolute atomic E-state index is 0.150. The Morgan fingerprint density at radius 2 is 2.10 bits per heavy atom. The van der Waals surface area contributed by atoms with Gasteiger partial charge in [0, 0.05) is 44.7 Å². The number of H-pyrrole nitrogens is 1. The van der Waals surface area contributed by atoms with Gasteiger partial charge in [0.1, 0.15) is 0 Å². The molecule has 0 bridgehead atoms. The quantitative estimate of drug-likeness (QED) is 0.744. The lowest BCUT2D eigenvalue weighted by Gasteiger charge is -2.38. The van der Waals surface area contributed by atoms with Gasteiger partial charge in [-0.05, 0) is 49.3 Å². The first kappa shape index (κ1) is 20.1. The third-order valence-corrected chi connectivity index (χ3v) is 6.39. The van der Waals surface area contributed by atoms with Crippen LogP contribution >= 0.6 is 0 Å². The number of piperidine rings is 1. The molecule has 4 rings (SSSR count). The number of ether oxygens (including phenoxy) is 1. The van der Waals surface area contributed by atoms with Gasteiger partial charge in [0.05, 0.1) is 19.4 Å². The van der Waals surface area contributed by atoms with Crippen LogP contribution in [0.2, 0.25) is 0 Å². The average Bonchev–Trinajstić information content (AvgIpc) is 3.40. The second kappa shape index (κ2) is 9.55. The van der Waals surface area contributed by atoms with Crippen LogP contribution in [-0.4, -0.2) is 71.6 Å². The van der Waals surface area contributed by atoms with Crippen LogP contribution in [0.1, 0.15) is 29.7 Å². The van der Waals surface area contributed by atoms with Crippen LogP contribution in [0.15, 0.2) is 36.8 Å². The van der Waals surface area contributed by atoms with Crippen molar-refractivity contribution in [3.8, 4) is 0 Å². The highest BCUT2D eigenvalue weighted by atomic mass is 16.5. The molecule has 0 radical (unpaired) electrons. The van der Waals surface area contributed by atoms with Gasteiger partial charge in [-0.2, -0.15) is 0 Å². The number of hydrogen-bond donors (Lipinski definition) is 1. The summed E-state index contributed by atoms with van der Waals surface area (Å²) in [5.74, 6) is 0.673. The fraction of sp³-hybridized carbons (Fsp3) is 0.565. The number of nitrogens with zero attached hydrogens (tertiary/aromatic N) is 3. The van der Waals surface area contributed by atoms with Gasteiger partial charge in [0.25, 0.3) is 0 Å². The summed E-state index contributed by atoms with van der Waals surface area (Å²) in [6, 6.07) is 9.47. The third-order valence-electron chi connectivity index (χ3n) is 6.39. The van der Waals surface area contributed by atoms with Crippen LogP contribution in [-0.2, 0) is 28.8 Å². The van der Waals surface area contributed by atoms with E-state index in [1.54, 1.807) is 19.6 Å². The van der Waals surface area contributed by atoms with Gasteiger partial charge in [-0.3, -0.25) is 9.69 Å². The summed E-state index contributed by atoms with van der Waals surface area (Å²) in [5.41, 5.74) is 3.89. The van der Waals surface area contributed by atoms with Crippen molar-refractivity contribution < 1.29 is 9.53 Å². The van der Waals surface area contributed by atoms with E-state index in [9.17, 15) is 4.79 Å². The monoisotopic (exact) mass is 396 g/mol. The van der Waals surface area contributed by atoms with Gasteiger partial charge in [-0.15, -0.1) is 0 Å². The molecule has 1 amide bonds. The number of methoxy groups -OCH3 is 1. The fourth-order valence-electron chi connectivity index (χ4n) is 4.86. The molecule has 1 aliphatic carbocycles. The Morgan fingerprint density at radius 3 is 2.79 bits per heavy atom. The van der Waals surface area contributed by atoms with Crippen molar-refractivity contribution in [3.05, 3.63) is 53.6 Å². The Bertz CT molecular complexity index is 767. The minimum atomic E-state index is 0.150. The van der Waals surface area contributed by atoms with Crippen molar-refractivity contribution >= 4 is 5.91 Å². The molecule has 0 unspecified atom stereocenters. The molecule has 1 N–H and O–H groups in total. The number of nitrogens with one attached hydrogen (secondary N) is 1. The molecule has 1 atom stereocenters. The number of imidazole rings is 1. The molecule has 1 aromatic heterocycles. The summed E-state index contributed by atoms with van der Waals surface area (Å²) >= 11 is 0. The summed E-state index contributed by atoms with van der Waals surface area (Å²) < 4.78 is 5.26. The highest BCUT2D eigenvalue weighted by molar-refractivity contribution is 5.78. The van der Waals surface area contributed by atoms with Crippen LogP contribution < -0.4 is 0 Å². The van der Waals surface area contributed by atoms with Crippen molar-refractivity contribution in [2.24, 2.45) is 5.92 Å². The van der Waals surface area contributed by atoms with Crippen LogP contribution in [0.25, 0.3) is 0 Å². The summed E-state index contributed by atoms with van der Waals surface area (Å²) in [7, 11) is 1.69. The number of carbonyl (C=O) groups excluding carboxylic acids is 1. The number of aromatic amines is 1. The number of hydrogen-bond acceptors (Lipinski definition) is 4. The Hall–Kier alpha value is -2.18. The highest BCUT2D eigenvalue weighted by Crippen LogP contribution is 2.29. The molecule has 0 spiro atoms. The average molecular weight is 397 g/mol. The lowest BCUT2D eigenvalue weighted by atomic mass is 9.95. The molecular weight excluding hydrogens is 364 g/mol. The van der Waals surface area contributed by atoms with E-state index in [2.05, 4.69) is 39.1 Å². The Balaban J connectivity index is 1.35. The van der Waals surface area contributed by atoms with Crippen molar-refractivity contribution in [1.29, 1.82) is 0 Å². The lowest BCUT2D eigenvalue weighted by molar-refractivity contribution is -0.132. The van der Waals surface area contributed by atoms with Gasteiger partial charge in [0.2, 0.25) is 5.91 Å². The molecular formula is C23H32N4O2. The smallest absolute Gasteiger partial charge is 0.228 e. The van der Waals surface area contributed by atoms with Crippen LogP contribution in [0, 0.1) is 5.92 Å². The SMILES string of the molecule is COCCN(C[C@H]1CCCN(C2Cc3ccccc3C2)C1)C(=O)Cc1cnc[nH]1. The predicted molar refractivity (Wildman–Crippen MR) is 113 cm³/mol. The Morgan fingerprint density at radius 1 is 1.31 bits per heavy atom. The first-order valence-corrected chi connectivity index (χ1v) is 10.8. The molecule has 0 saturated carbocycles. The van der Waals surface area contributed by atoms with Crippen molar-refractivity contribution in [3.63, 3.8) is 0 Å². The van der Waals surface area contributed by atoms with Gasteiger partial charge >= 0.3 is 0 Å². The van der Waals surface area contributed by atoms with E-state index in [1.165, 1.54) is 30.5 Å². The predicted octanol–water partition coefficient (Wildman–Crippen LogP) is 2.31. The van der Waals surface area contributed by atoms with E-state index >= 15 is 0 Å². The second-order valence-corrected chi connectivity index (χ2v) is 8.42. The van der Waals surface area contributed by atoms with E-state index < -0.39 is 0 Å². The summed E-state index contributed by atoms with van der Waals surface area (Å²) in [4.78, 5) is 24.6. The van der Waals surface area contributed by atoms with Crippen LogP contribution in [0.4, 0.5) is 0 Å². The highest BCUT2D eigenvalue weighted by Gasteiger charge is 2.31. The maximum atomic E-state index is 12.9. The third kappa shape index (κ3) is 5.06. The fourth-order valence-corrected chi connectivity index (χ4v) is 4.86. The molecule has 6 nitrogen and oxygen atoms in total. The molecule has 2 aromatic rings. The van der Waals surface area contributed by atoms with Crippen LogP contribution in [0.3, 0.4) is 0 Å². The molecule has 2 heterocycles. The number of likely N-dealkylation sites (tertiary alicyclic amines) is 1. The van der Waals surface area contributed by atoms with Crippen molar-refractivity contribution in [2.45, 2.75) is 38.1 Å². The van der Waals surface area contributed by atoms with Gasteiger partial charge in [0.15, 0.2) is 0 Å². The second-order valence-electron chi connectivity index (χ2n) is 8.42. The summed E-state index contributed by atoms with van der Waals surface area (Å²) in [5, 5.41) is 0. The number of carbonyl (C=O) groups is 1. The minimum Gasteiger partial charge on any atom is -0.383 e. The zero-order valence-electron chi connectivity index (χ0n) is 17.3. The first-order chi connectivity index (χ1) is 14.2. The molecule has 2 aliphatic rings. The van der Waals surface area contributed by atoms with E-state index in [0.717, 1.165) is 31.6 Å². The summed E-state index contributed by atoms with van der Waals surface area (Å²) in [6.07, 6.45) is 8.46. The van der Waals surface area contributed by atoms with E-state index in [0.29, 0.717) is 31.5 Å². The van der Waals surface area contributed by atoms with Gasteiger partial charge in [-0.25, -0.2) is 4.98 Å². The number of aromatic nitrogens is 2. The molecule has 1 aromatic carbocycles. The Labute approximate surface area is 173 Å². The normalized spacial score (nSPS) is 20.0. The number of rotatable bonds is 8. The lowest BCUT2D eigenvalue weighted by Crippen LogP contribution is -2.47. The molecule has 29 heavy (non-hydrogen) atoms. The van der Waals surface area contributed by atoms with Crippen molar-refractivity contribution in [1.82, 2.24) is 19.8 Å². The van der Waals surface area contributed by atoms with E-state index in [1.807, 2.05) is 4.90 Å². The molecule has 1 aliphatic heterocycles. The van der Waals surface area contributed by atoms with Gasteiger partial charge < -0.3 is 14.6 Å². The molecule has 1 fully saturated rings. The summed E-state index contributed by atoms with van der Waals surface area (Å²) in [6.45, 7) is 4.29. The van der Waals surface area contributed by atoms with E-state index in [-0.39, 0.29) is 5.91 Å². The van der Waals surface area contributed by atoms with Gasteiger partial charge in [-0.1, -0.05) is 24.3 Å². The maximum absolute atomic E-state index is 12.9. The molecule has 6 heteroatoms. The largest absolute Gasteiger partial charge is 0.383 e. The standard InChI is InChI=1S/C23H32N4O2/c1-29-10-9-27(23(28)13-21-14-24-17-25-21)16-18-5-4-8-26(15-18)22-11-19-6-2-3-7-20(19)12-22/h2-3,6-7,14,17-18,22H,4-5,8-13,15-16H2,1H3,(H,24,25)/t18-/m0/s1. The zero-order valence-corrected chi connectivity index (χ0v) is 17.3. The van der Waals surface area contributed by atoms with Crippen LogP contribution in [0.5, 0.6) is 0 Å². The topological polar surface area (TPSA) is 61.5 Å². The maximum Gasteiger partial charge on any atom is 0.228 e. The Kier molecular flexibility index (Phi) is 6.62. The van der Waals surface area contributed by atoms with Crippen molar-refractivity contribution in [2.75, 3.05) is 39.9 Å². The zero-order chi connectivity index (χ0) is 20.1.